The van der Waals surface area contributed by atoms with Crippen LogP contribution >= 0.6 is 0 Å². The van der Waals surface area contributed by atoms with Crippen LogP contribution in [0.25, 0.3) is 0 Å². The minimum absolute atomic E-state index is 0.0788. The molecule has 0 atom stereocenters. The Balaban J connectivity index is 3.55. The molecule has 0 unspecified atom stereocenters. The molecule has 0 aliphatic rings. The summed E-state index contributed by atoms with van der Waals surface area (Å²) in [5.41, 5.74) is 0. The second-order valence-corrected chi connectivity index (χ2v) is 2.35. The van der Waals surface area contributed by atoms with E-state index in [1.165, 1.54) is 11.1 Å². The molecule has 0 aliphatic carbocycles. The van der Waals surface area contributed by atoms with E-state index in [1.54, 1.807) is 0 Å². The first-order valence-electron chi connectivity index (χ1n) is 3.95. The zero-order chi connectivity index (χ0) is 10.1. The fourth-order valence-corrected chi connectivity index (χ4v) is 0.701. The Morgan fingerprint density at radius 3 is 2.77 bits per heavy atom. The summed E-state index contributed by atoms with van der Waals surface area (Å²) in [5, 5.41) is 10.9. The maximum atomic E-state index is 10.9. The third kappa shape index (κ3) is 5.86. The molecule has 0 aromatic rings. The molecule has 0 aromatic heterocycles. The van der Waals surface area contributed by atoms with E-state index in [0.717, 1.165) is 0 Å². The highest BCUT2D eigenvalue weighted by atomic mass is 16.3. The number of aliphatic hydroxyl groups excluding tert-OH is 1. The molecule has 0 aliphatic heterocycles. The minimum atomic E-state index is -0.192. The van der Waals surface area contributed by atoms with Crippen LogP contribution in [0.5, 0.6) is 0 Å². The molecule has 2 amide bonds. The van der Waals surface area contributed by atoms with Crippen LogP contribution in [-0.4, -0.2) is 42.0 Å². The summed E-state index contributed by atoms with van der Waals surface area (Å²) in [6.07, 6.45) is 2.17. The number of nitrogens with zero attached hydrogens (tertiary/aromatic N) is 1. The molecule has 13 heavy (non-hydrogen) atoms. The van der Waals surface area contributed by atoms with E-state index in [0.29, 0.717) is 13.0 Å². The lowest BCUT2D eigenvalue weighted by Gasteiger charge is -2.10. The van der Waals surface area contributed by atoms with Crippen molar-refractivity contribution < 1.29 is 14.7 Å². The van der Waals surface area contributed by atoms with Crippen LogP contribution in [-0.2, 0) is 9.59 Å². The van der Waals surface area contributed by atoms with Crippen LogP contribution in [0.1, 0.15) is 6.42 Å². The van der Waals surface area contributed by atoms with Crippen LogP contribution in [0.15, 0.2) is 12.8 Å². The summed E-state index contributed by atoms with van der Waals surface area (Å²) in [6, 6.07) is 0. The number of rotatable bonds is 7. The van der Waals surface area contributed by atoms with Gasteiger partial charge in [-0.25, -0.2) is 0 Å². The number of hydrogen-bond acceptors (Lipinski definition) is 3. The van der Waals surface area contributed by atoms with E-state index < -0.39 is 0 Å². The quantitative estimate of drug-likeness (QED) is 0.505. The van der Waals surface area contributed by atoms with Crippen molar-refractivity contribution in [3.63, 3.8) is 0 Å². The average Bonchev–Trinajstić information content (AvgIpc) is 2.16. The largest absolute Gasteiger partial charge is 0.395 e. The third-order valence-corrected chi connectivity index (χ3v) is 1.40. The SMILES string of the molecule is C=CN(C=O)CCC(=O)NCCO. The van der Waals surface area contributed by atoms with E-state index in [-0.39, 0.29) is 25.5 Å². The van der Waals surface area contributed by atoms with Crippen LogP contribution in [0.2, 0.25) is 0 Å². The molecule has 0 rings (SSSR count). The molecule has 74 valence electrons. The predicted octanol–water partition coefficient (Wildman–Crippen LogP) is -0.913. The molecular weight excluding hydrogens is 172 g/mol. The molecule has 0 aromatic carbocycles. The fraction of sp³-hybridized carbons (Fsp3) is 0.500. The summed E-state index contributed by atoms with van der Waals surface area (Å²) in [5.74, 6) is -0.192. The van der Waals surface area contributed by atoms with Gasteiger partial charge in [-0.15, -0.1) is 0 Å². The van der Waals surface area contributed by atoms with E-state index >= 15 is 0 Å². The maximum Gasteiger partial charge on any atom is 0.221 e. The van der Waals surface area contributed by atoms with Gasteiger partial charge >= 0.3 is 0 Å². The van der Waals surface area contributed by atoms with E-state index in [4.69, 9.17) is 5.11 Å². The lowest BCUT2D eigenvalue weighted by molar-refractivity contribution is -0.122. The highest BCUT2D eigenvalue weighted by Gasteiger charge is 2.02. The van der Waals surface area contributed by atoms with Crippen molar-refractivity contribution in [3.8, 4) is 0 Å². The van der Waals surface area contributed by atoms with Crippen LogP contribution < -0.4 is 5.32 Å². The Bertz CT molecular complexity index is 174. The Kier molecular flexibility index (Phi) is 6.53. The van der Waals surface area contributed by atoms with Gasteiger partial charge in [0, 0.05) is 19.5 Å². The van der Waals surface area contributed by atoms with Gasteiger partial charge in [-0.05, 0) is 6.20 Å². The molecular formula is C8H14N2O3. The van der Waals surface area contributed by atoms with Crippen molar-refractivity contribution in [2.24, 2.45) is 0 Å². The minimum Gasteiger partial charge on any atom is -0.395 e. The van der Waals surface area contributed by atoms with Crippen molar-refractivity contribution in [1.82, 2.24) is 10.2 Å². The average molecular weight is 186 g/mol. The van der Waals surface area contributed by atoms with E-state index in [2.05, 4.69) is 11.9 Å². The number of carbonyl (C=O) groups excluding carboxylic acids is 2. The zero-order valence-corrected chi connectivity index (χ0v) is 7.40. The van der Waals surface area contributed by atoms with E-state index in [1.807, 2.05) is 0 Å². The van der Waals surface area contributed by atoms with Gasteiger partial charge in [-0.1, -0.05) is 6.58 Å². The van der Waals surface area contributed by atoms with Gasteiger partial charge in [0.05, 0.1) is 6.61 Å². The fourth-order valence-electron chi connectivity index (χ4n) is 0.701. The second kappa shape index (κ2) is 7.30. The summed E-state index contributed by atoms with van der Waals surface area (Å²) in [7, 11) is 0. The first kappa shape index (κ1) is 11.6. The van der Waals surface area contributed by atoms with Crippen molar-refractivity contribution in [2.75, 3.05) is 19.7 Å². The van der Waals surface area contributed by atoms with Crippen molar-refractivity contribution in [1.29, 1.82) is 0 Å². The number of hydrogen-bond donors (Lipinski definition) is 2. The molecule has 0 spiro atoms. The van der Waals surface area contributed by atoms with Gasteiger partial charge in [-0.2, -0.15) is 0 Å². The van der Waals surface area contributed by atoms with Gasteiger partial charge in [0.2, 0.25) is 12.3 Å². The first-order valence-corrected chi connectivity index (χ1v) is 3.95. The Morgan fingerprint density at radius 2 is 2.31 bits per heavy atom. The van der Waals surface area contributed by atoms with Gasteiger partial charge in [-0.3, -0.25) is 9.59 Å². The molecule has 0 fully saturated rings. The third-order valence-electron chi connectivity index (χ3n) is 1.40. The summed E-state index contributed by atoms with van der Waals surface area (Å²) >= 11 is 0. The summed E-state index contributed by atoms with van der Waals surface area (Å²) < 4.78 is 0. The zero-order valence-electron chi connectivity index (χ0n) is 7.40. The molecule has 0 saturated heterocycles. The second-order valence-electron chi connectivity index (χ2n) is 2.35. The summed E-state index contributed by atoms with van der Waals surface area (Å²) in [6.45, 7) is 3.87. The van der Waals surface area contributed by atoms with Gasteiger partial charge in [0.25, 0.3) is 0 Å². The standard InChI is InChI=1S/C8H14N2O3/c1-2-10(7-12)5-3-8(13)9-4-6-11/h2,7,11H,1,3-6H2,(H,9,13). The molecule has 5 nitrogen and oxygen atoms in total. The highest BCUT2D eigenvalue weighted by molar-refractivity contribution is 5.76. The first-order chi connectivity index (χ1) is 6.24. The van der Waals surface area contributed by atoms with Gasteiger partial charge in [0.1, 0.15) is 0 Å². The molecule has 5 heteroatoms. The van der Waals surface area contributed by atoms with Crippen molar-refractivity contribution in [3.05, 3.63) is 12.8 Å². The molecule has 0 bridgehead atoms. The van der Waals surface area contributed by atoms with Crippen molar-refractivity contribution in [2.45, 2.75) is 6.42 Å². The molecule has 2 N–H and O–H groups in total. The molecule has 0 radical (unpaired) electrons. The monoisotopic (exact) mass is 186 g/mol. The lowest BCUT2D eigenvalue weighted by atomic mass is 10.4. The van der Waals surface area contributed by atoms with Crippen LogP contribution in [0.3, 0.4) is 0 Å². The lowest BCUT2D eigenvalue weighted by Crippen LogP contribution is -2.29. The van der Waals surface area contributed by atoms with Gasteiger partial charge in [0.15, 0.2) is 0 Å². The Labute approximate surface area is 77.0 Å². The van der Waals surface area contributed by atoms with Crippen LogP contribution in [0.4, 0.5) is 0 Å². The smallest absolute Gasteiger partial charge is 0.221 e. The summed E-state index contributed by atoms with van der Waals surface area (Å²) in [4.78, 5) is 22.5. The number of aliphatic hydroxyl groups is 1. The maximum absolute atomic E-state index is 10.9. The molecule has 0 heterocycles. The predicted molar refractivity (Wildman–Crippen MR) is 47.7 cm³/mol. The van der Waals surface area contributed by atoms with Crippen molar-refractivity contribution >= 4 is 12.3 Å². The molecule has 0 saturated carbocycles. The Morgan fingerprint density at radius 1 is 1.62 bits per heavy atom. The number of nitrogens with one attached hydrogen (secondary N) is 1. The normalized spacial score (nSPS) is 9.00. The highest BCUT2D eigenvalue weighted by Crippen LogP contribution is 1.87. The topological polar surface area (TPSA) is 69.6 Å². The Hall–Kier alpha value is -1.36. The van der Waals surface area contributed by atoms with E-state index in [9.17, 15) is 9.59 Å². The van der Waals surface area contributed by atoms with Gasteiger partial charge < -0.3 is 15.3 Å². The number of carbonyl (C=O) groups is 2. The number of amides is 2. The van der Waals surface area contributed by atoms with Crippen LogP contribution in [0, 0.1) is 0 Å².